The summed E-state index contributed by atoms with van der Waals surface area (Å²) in [6, 6.07) is 6.04. The van der Waals surface area contributed by atoms with E-state index >= 15 is 0 Å². The molecule has 3 aromatic rings. The summed E-state index contributed by atoms with van der Waals surface area (Å²) in [5.74, 6) is -1.45. The average Bonchev–Trinajstić information content (AvgIpc) is 3.23. The van der Waals surface area contributed by atoms with Gasteiger partial charge in [-0.25, -0.2) is 14.9 Å². The van der Waals surface area contributed by atoms with Gasteiger partial charge in [-0.1, -0.05) is 11.3 Å². The summed E-state index contributed by atoms with van der Waals surface area (Å²) in [6.07, 6.45) is 2.71. The zero-order chi connectivity index (χ0) is 17.4. The summed E-state index contributed by atoms with van der Waals surface area (Å²) in [6.45, 7) is 0. The van der Waals surface area contributed by atoms with E-state index in [4.69, 9.17) is 0 Å². The molecule has 1 aromatic carbocycles. The van der Waals surface area contributed by atoms with E-state index < -0.39 is 11.8 Å². The maximum atomic E-state index is 12.3. The van der Waals surface area contributed by atoms with Crippen molar-refractivity contribution < 1.29 is 14.4 Å². The van der Waals surface area contributed by atoms with Crippen LogP contribution in [0.3, 0.4) is 0 Å². The van der Waals surface area contributed by atoms with Gasteiger partial charge in [-0.05, 0) is 24.3 Å². The Morgan fingerprint density at radius 1 is 1.00 bits per heavy atom. The number of hydrogen-bond acceptors (Lipinski definition) is 8. The molecule has 4 rings (SSSR count). The number of carbonyl (C=O) groups is 3. The van der Waals surface area contributed by atoms with Crippen LogP contribution in [0, 0.1) is 0 Å². The van der Waals surface area contributed by atoms with Crippen molar-refractivity contribution in [3.8, 4) is 0 Å². The van der Waals surface area contributed by atoms with Crippen LogP contribution in [0.2, 0.25) is 0 Å². The van der Waals surface area contributed by atoms with Crippen molar-refractivity contribution in [1.82, 2.24) is 20.2 Å². The fourth-order valence-corrected chi connectivity index (χ4v) is 2.79. The van der Waals surface area contributed by atoms with Crippen molar-refractivity contribution in [3.63, 3.8) is 0 Å². The predicted octanol–water partition coefficient (Wildman–Crippen LogP) is 1.38. The van der Waals surface area contributed by atoms with Crippen LogP contribution in [0.15, 0.2) is 42.2 Å². The molecule has 1 aliphatic rings. The van der Waals surface area contributed by atoms with Crippen molar-refractivity contribution >= 4 is 39.9 Å². The molecule has 0 saturated heterocycles. The Hall–Kier alpha value is -3.53. The van der Waals surface area contributed by atoms with Gasteiger partial charge < -0.3 is 0 Å². The van der Waals surface area contributed by atoms with Gasteiger partial charge in [0.05, 0.1) is 5.69 Å². The Kier molecular flexibility index (Phi) is 3.51. The van der Waals surface area contributed by atoms with Crippen LogP contribution < -0.4 is 10.2 Å². The van der Waals surface area contributed by atoms with Gasteiger partial charge in [0, 0.05) is 18.0 Å². The number of fused-ring (bicyclic) bond motifs is 1. The molecule has 0 spiro atoms. The predicted molar refractivity (Wildman–Crippen MR) is 87.5 cm³/mol. The Bertz CT molecular complexity index is 952. The van der Waals surface area contributed by atoms with Crippen LogP contribution in [0.1, 0.15) is 31.3 Å². The lowest BCUT2D eigenvalue weighted by atomic mass is 10.2. The average molecular weight is 352 g/mol. The van der Waals surface area contributed by atoms with Crippen molar-refractivity contribution in [2.75, 3.05) is 10.2 Å². The highest BCUT2D eigenvalue weighted by molar-refractivity contribution is 7.13. The monoisotopic (exact) mass is 352 g/mol. The lowest BCUT2D eigenvalue weighted by Crippen LogP contribution is -2.29. The fraction of sp³-hybridized carbons (Fsp3) is 0. The highest BCUT2D eigenvalue weighted by Crippen LogP contribution is 2.26. The van der Waals surface area contributed by atoms with E-state index in [1.54, 1.807) is 0 Å². The molecule has 2 aromatic heterocycles. The number of aromatic nitrogens is 4. The smallest absolute Gasteiger partial charge is 0.286 e. The summed E-state index contributed by atoms with van der Waals surface area (Å²) in [7, 11) is 0. The second kappa shape index (κ2) is 5.83. The minimum absolute atomic E-state index is 0.0191. The number of benzene rings is 1. The Morgan fingerprint density at radius 3 is 2.20 bits per heavy atom. The molecule has 1 aliphatic heterocycles. The van der Waals surface area contributed by atoms with E-state index in [2.05, 4.69) is 25.5 Å². The number of hydrogen-bond donors (Lipinski definition) is 1. The van der Waals surface area contributed by atoms with E-state index in [0.29, 0.717) is 16.4 Å². The fourth-order valence-electron chi connectivity index (χ4n) is 2.35. The number of carbonyl (C=O) groups excluding carboxylic acids is 3. The molecular weight excluding hydrogens is 344 g/mol. The molecule has 0 unspecified atom stereocenters. The van der Waals surface area contributed by atoms with Gasteiger partial charge in [-0.15, -0.1) is 10.2 Å². The first kappa shape index (κ1) is 15.0. The summed E-state index contributed by atoms with van der Waals surface area (Å²) in [4.78, 5) is 45.6. The molecular formula is C15H8N6O3S. The molecule has 0 atom stereocenters. The molecule has 0 aliphatic carbocycles. The molecule has 3 heterocycles. The van der Waals surface area contributed by atoms with Crippen LogP contribution in [-0.4, -0.2) is 37.9 Å². The zero-order valence-corrected chi connectivity index (χ0v) is 13.2. The Morgan fingerprint density at radius 2 is 1.64 bits per heavy atom. The number of nitrogens with zero attached hydrogens (tertiary/aromatic N) is 5. The minimum atomic E-state index is -0.542. The van der Waals surface area contributed by atoms with E-state index in [9.17, 15) is 14.4 Å². The molecule has 10 heteroatoms. The normalized spacial score (nSPS) is 13.0. The van der Waals surface area contributed by atoms with Crippen molar-refractivity contribution in [2.24, 2.45) is 0 Å². The molecule has 0 saturated carbocycles. The topological polar surface area (TPSA) is 118 Å². The van der Waals surface area contributed by atoms with Crippen molar-refractivity contribution in [3.05, 3.63) is 59.1 Å². The summed E-state index contributed by atoms with van der Waals surface area (Å²) >= 11 is 1.20. The van der Waals surface area contributed by atoms with Crippen LogP contribution in [-0.2, 0) is 0 Å². The summed E-state index contributed by atoms with van der Waals surface area (Å²) < 4.78 is 0. The van der Waals surface area contributed by atoms with Crippen molar-refractivity contribution in [1.29, 1.82) is 0 Å². The molecule has 0 radical (unpaired) electrons. The van der Waals surface area contributed by atoms with Gasteiger partial charge in [0.15, 0.2) is 11.4 Å². The van der Waals surface area contributed by atoms with Crippen LogP contribution in [0.25, 0.3) is 0 Å². The molecule has 25 heavy (non-hydrogen) atoms. The van der Waals surface area contributed by atoms with Crippen LogP contribution >= 0.6 is 11.3 Å². The summed E-state index contributed by atoms with van der Waals surface area (Å²) in [5.41, 5.74) is 2.23. The lowest BCUT2D eigenvalue weighted by Gasteiger charge is -2.13. The van der Waals surface area contributed by atoms with E-state index in [1.807, 2.05) is 0 Å². The molecule has 9 nitrogen and oxygen atoms in total. The molecule has 1 N–H and O–H groups in total. The third-order valence-electron chi connectivity index (χ3n) is 3.48. The van der Waals surface area contributed by atoms with Gasteiger partial charge in [0.2, 0.25) is 5.13 Å². The third-order valence-corrected chi connectivity index (χ3v) is 4.08. The first-order chi connectivity index (χ1) is 12.1. The first-order valence-corrected chi connectivity index (χ1v) is 7.90. The van der Waals surface area contributed by atoms with E-state index in [1.165, 1.54) is 53.5 Å². The maximum absolute atomic E-state index is 12.3. The molecule has 122 valence electrons. The number of anilines is 2. The third kappa shape index (κ3) is 2.54. The first-order valence-electron chi connectivity index (χ1n) is 7.02. The van der Waals surface area contributed by atoms with E-state index in [-0.39, 0.29) is 17.3 Å². The number of rotatable bonds is 3. The van der Waals surface area contributed by atoms with Gasteiger partial charge in [-0.2, -0.15) is 0 Å². The maximum Gasteiger partial charge on any atom is 0.286 e. The standard InChI is InChI=1S/C15H8N6O3S/c22-12(19-15-20-18-7-25-15)8-1-3-9(4-2-8)21-13(23)10-11(14(21)24)17-6-5-16-10/h1-7H,(H,19,20,22). The SMILES string of the molecule is O=C(Nc1nncs1)c1ccc(N2C(=O)c3nccnc3C2=O)cc1. The second-order valence-corrected chi connectivity index (χ2v) is 5.78. The number of amides is 3. The molecule has 3 amide bonds. The number of imide groups is 1. The largest absolute Gasteiger partial charge is 0.296 e. The second-order valence-electron chi connectivity index (χ2n) is 4.94. The molecule has 0 fully saturated rings. The lowest BCUT2D eigenvalue weighted by molar-refractivity contribution is 0.0922. The highest BCUT2D eigenvalue weighted by Gasteiger charge is 2.39. The van der Waals surface area contributed by atoms with Gasteiger partial charge in [-0.3, -0.25) is 19.7 Å². The van der Waals surface area contributed by atoms with Gasteiger partial charge >= 0.3 is 0 Å². The quantitative estimate of drug-likeness (QED) is 0.707. The zero-order valence-electron chi connectivity index (χ0n) is 12.4. The van der Waals surface area contributed by atoms with Gasteiger partial charge in [0.25, 0.3) is 17.7 Å². The molecule has 0 bridgehead atoms. The Labute approximate surface area is 144 Å². The highest BCUT2D eigenvalue weighted by atomic mass is 32.1. The number of nitrogens with one attached hydrogen (secondary N) is 1. The minimum Gasteiger partial charge on any atom is -0.296 e. The van der Waals surface area contributed by atoms with E-state index in [0.717, 1.165) is 4.90 Å². The summed E-state index contributed by atoms with van der Waals surface area (Å²) in [5, 5.41) is 10.3. The van der Waals surface area contributed by atoms with Crippen LogP contribution in [0.5, 0.6) is 0 Å². The Balaban J connectivity index is 1.58. The van der Waals surface area contributed by atoms with Crippen LogP contribution in [0.4, 0.5) is 10.8 Å². The van der Waals surface area contributed by atoms with Gasteiger partial charge in [0.1, 0.15) is 5.51 Å². The van der Waals surface area contributed by atoms with Crippen molar-refractivity contribution in [2.45, 2.75) is 0 Å².